The lowest BCUT2D eigenvalue weighted by molar-refractivity contribution is -0.132. The number of hydrogen-bond acceptors (Lipinski definition) is 1. The minimum absolute atomic E-state index is 0.0132. The third kappa shape index (κ3) is 1.09. The Morgan fingerprint density at radius 3 is 3.06 bits per heavy atom. The van der Waals surface area contributed by atoms with E-state index in [2.05, 4.69) is 29.6 Å². The molecule has 1 saturated carbocycles. The van der Waals surface area contributed by atoms with Crippen molar-refractivity contribution in [1.82, 2.24) is 5.32 Å². The average Bonchev–Trinajstić information content (AvgIpc) is 2.38. The van der Waals surface area contributed by atoms with Crippen molar-refractivity contribution in [1.29, 1.82) is 0 Å². The second-order valence-electron chi connectivity index (χ2n) is 5.78. The van der Waals surface area contributed by atoms with E-state index in [9.17, 15) is 4.79 Å². The Kier molecular flexibility index (Phi) is 1.78. The van der Waals surface area contributed by atoms with Crippen LogP contribution in [0.25, 0.3) is 0 Å². The Bertz CT molecular complexity index is 495. The first-order valence-corrected chi connectivity index (χ1v) is 6.73. The van der Waals surface area contributed by atoms with Crippen molar-refractivity contribution < 1.29 is 4.79 Å². The number of piperidine rings is 1. The summed E-state index contributed by atoms with van der Waals surface area (Å²) in [5.41, 5.74) is 2.70. The standard InChI is InChI=1S/C15H17NO/c17-14-12-9-10-5-3-4-8-15(10,16-14)13-7-2-1-6-11(12)13/h1-2,6-7,10,12H,3-5,8-9H2,(H,16,17). The van der Waals surface area contributed by atoms with Gasteiger partial charge in [0.1, 0.15) is 0 Å². The highest BCUT2D eigenvalue weighted by Crippen LogP contribution is 2.55. The highest BCUT2D eigenvalue weighted by Gasteiger charge is 2.54. The van der Waals surface area contributed by atoms with Crippen LogP contribution in [-0.2, 0) is 10.3 Å². The van der Waals surface area contributed by atoms with Gasteiger partial charge in [-0.1, -0.05) is 37.1 Å². The first kappa shape index (κ1) is 9.69. The van der Waals surface area contributed by atoms with E-state index in [1.807, 2.05) is 0 Å². The maximum Gasteiger partial charge on any atom is 0.228 e. The summed E-state index contributed by atoms with van der Waals surface area (Å²) >= 11 is 0. The fraction of sp³-hybridized carbons (Fsp3) is 0.533. The molecule has 0 aromatic heterocycles. The number of nitrogens with one attached hydrogen (secondary N) is 1. The van der Waals surface area contributed by atoms with Crippen LogP contribution >= 0.6 is 0 Å². The Balaban J connectivity index is 1.96. The van der Waals surface area contributed by atoms with Gasteiger partial charge in [0.05, 0.1) is 11.5 Å². The summed E-state index contributed by atoms with van der Waals surface area (Å²) in [6, 6.07) is 8.58. The summed E-state index contributed by atoms with van der Waals surface area (Å²) in [7, 11) is 0. The van der Waals surface area contributed by atoms with Gasteiger partial charge in [-0.05, 0) is 36.3 Å². The van der Waals surface area contributed by atoms with E-state index in [-0.39, 0.29) is 17.4 Å². The topological polar surface area (TPSA) is 29.1 Å². The molecule has 0 radical (unpaired) electrons. The van der Waals surface area contributed by atoms with E-state index < -0.39 is 0 Å². The normalized spacial score (nSPS) is 38.2. The number of amides is 1. The van der Waals surface area contributed by atoms with Crippen LogP contribution in [0.2, 0.25) is 0 Å². The van der Waals surface area contributed by atoms with Crippen LogP contribution in [0.3, 0.4) is 0 Å². The molecule has 2 heterocycles. The fourth-order valence-electron chi connectivity index (χ4n) is 4.32. The van der Waals surface area contributed by atoms with Gasteiger partial charge in [0, 0.05) is 0 Å². The lowest BCUT2D eigenvalue weighted by Gasteiger charge is -2.55. The third-order valence-corrected chi connectivity index (χ3v) is 5.07. The second kappa shape index (κ2) is 3.12. The molecule has 1 saturated heterocycles. The molecule has 1 aromatic carbocycles. The highest BCUT2D eigenvalue weighted by molar-refractivity contribution is 5.88. The van der Waals surface area contributed by atoms with E-state index in [4.69, 9.17) is 0 Å². The Labute approximate surface area is 101 Å². The zero-order valence-corrected chi connectivity index (χ0v) is 9.91. The average molecular weight is 227 g/mol. The second-order valence-corrected chi connectivity index (χ2v) is 5.78. The minimum Gasteiger partial charge on any atom is -0.346 e. The van der Waals surface area contributed by atoms with Gasteiger partial charge in [-0.25, -0.2) is 0 Å². The summed E-state index contributed by atoms with van der Waals surface area (Å²) in [5.74, 6) is 1.06. The van der Waals surface area contributed by atoms with E-state index in [1.54, 1.807) is 0 Å². The van der Waals surface area contributed by atoms with Crippen molar-refractivity contribution in [3.05, 3.63) is 35.4 Å². The van der Waals surface area contributed by atoms with Crippen LogP contribution in [0, 0.1) is 5.92 Å². The van der Waals surface area contributed by atoms with Gasteiger partial charge in [-0.2, -0.15) is 0 Å². The highest BCUT2D eigenvalue weighted by atomic mass is 16.2. The number of fused-ring (bicyclic) bond motifs is 1. The van der Waals surface area contributed by atoms with Crippen LogP contribution in [0.5, 0.6) is 0 Å². The number of carbonyl (C=O) groups excluding carboxylic acids is 1. The Morgan fingerprint density at radius 1 is 1.24 bits per heavy atom. The minimum atomic E-state index is -0.0132. The number of rotatable bonds is 0. The van der Waals surface area contributed by atoms with E-state index >= 15 is 0 Å². The maximum atomic E-state index is 12.2. The van der Waals surface area contributed by atoms with Crippen LogP contribution in [0.15, 0.2) is 24.3 Å². The SMILES string of the molecule is O=C1NC23CCCCC2CC1c1ccccc13. The van der Waals surface area contributed by atoms with Crippen LogP contribution in [0.1, 0.15) is 49.1 Å². The summed E-state index contributed by atoms with van der Waals surface area (Å²) in [6.45, 7) is 0. The van der Waals surface area contributed by atoms with Gasteiger partial charge in [-0.15, -0.1) is 0 Å². The smallest absolute Gasteiger partial charge is 0.228 e. The quantitative estimate of drug-likeness (QED) is 0.725. The van der Waals surface area contributed by atoms with Gasteiger partial charge in [0.15, 0.2) is 0 Å². The van der Waals surface area contributed by atoms with Gasteiger partial charge >= 0.3 is 0 Å². The van der Waals surface area contributed by atoms with Gasteiger partial charge in [-0.3, -0.25) is 4.79 Å². The van der Waals surface area contributed by atoms with Crippen LogP contribution in [-0.4, -0.2) is 5.91 Å². The molecule has 1 amide bonds. The molecule has 2 aliphatic carbocycles. The van der Waals surface area contributed by atoms with Crippen molar-refractivity contribution in [2.75, 3.05) is 0 Å². The molecule has 2 fully saturated rings. The van der Waals surface area contributed by atoms with Crippen LogP contribution < -0.4 is 5.32 Å². The molecule has 5 rings (SSSR count). The number of benzene rings is 1. The first-order valence-electron chi connectivity index (χ1n) is 6.73. The summed E-state index contributed by atoms with van der Waals surface area (Å²) in [6.07, 6.45) is 6.06. The predicted octanol–water partition coefficient (Wildman–Crippen LogP) is 2.69. The summed E-state index contributed by atoms with van der Waals surface area (Å²) in [5, 5.41) is 3.35. The predicted molar refractivity (Wildman–Crippen MR) is 65.6 cm³/mol. The molecule has 88 valence electrons. The van der Waals surface area contributed by atoms with Crippen molar-refractivity contribution in [3.63, 3.8) is 0 Å². The number of carbonyl (C=O) groups is 1. The third-order valence-electron chi connectivity index (χ3n) is 5.07. The molecule has 2 nitrogen and oxygen atoms in total. The Hall–Kier alpha value is -1.31. The lowest BCUT2D eigenvalue weighted by atomic mass is 9.57. The zero-order valence-electron chi connectivity index (χ0n) is 9.91. The summed E-state index contributed by atoms with van der Waals surface area (Å²) in [4.78, 5) is 12.2. The maximum absolute atomic E-state index is 12.2. The molecular weight excluding hydrogens is 210 g/mol. The molecular formula is C15H17NO. The molecule has 4 aliphatic rings. The van der Waals surface area contributed by atoms with E-state index in [0.29, 0.717) is 5.92 Å². The molecule has 3 atom stereocenters. The monoisotopic (exact) mass is 227 g/mol. The van der Waals surface area contributed by atoms with Gasteiger partial charge < -0.3 is 5.32 Å². The van der Waals surface area contributed by atoms with Crippen molar-refractivity contribution in [3.8, 4) is 0 Å². The Morgan fingerprint density at radius 2 is 2.12 bits per heavy atom. The van der Waals surface area contributed by atoms with E-state index in [0.717, 1.165) is 12.8 Å². The first-order chi connectivity index (χ1) is 8.31. The zero-order chi connectivity index (χ0) is 11.5. The van der Waals surface area contributed by atoms with Crippen molar-refractivity contribution in [2.45, 2.75) is 43.6 Å². The lowest BCUT2D eigenvalue weighted by Crippen LogP contribution is -2.62. The molecule has 3 unspecified atom stereocenters. The molecule has 1 aromatic rings. The molecule has 2 bridgehead atoms. The largest absolute Gasteiger partial charge is 0.346 e. The van der Waals surface area contributed by atoms with Gasteiger partial charge in [0.25, 0.3) is 0 Å². The molecule has 1 N–H and O–H groups in total. The molecule has 17 heavy (non-hydrogen) atoms. The fourth-order valence-corrected chi connectivity index (χ4v) is 4.32. The molecule has 2 heteroatoms. The summed E-state index contributed by atoms with van der Waals surface area (Å²) < 4.78 is 0. The molecule has 1 spiro atoms. The van der Waals surface area contributed by atoms with Crippen LogP contribution in [0.4, 0.5) is 0 Å². The molecule has 2 aliphatic heterocycles. The van der Waals surface area contributed by atoms with E-state index in [1.165, 1.54) is 30.4 Å². The van der Waals surface area contributed by atoms with Crippen molar-refractivity contribution in [2.24, 2.45) is 5.92 Å². The van der Waals surface area contributed by atoms with Gasteiger partial charge in [0.2, 0.25) is 5.91 Å². The number of hydrogen-bond donors (Lipinski definition) is 1. The van der Waals surface area contributed by atoms with Crippen molar-refractivity contribution >= 4 is 5.91 Å².